The maximum atomic E-state index is 13.4. The predicted octanol–water partition coefficient (Wildman–Crippen LogP) is 4.33. The molecule has 0 aliphatic carbocycles. The molecule has 19 heavy (non-hydrogen) atoms. The van der Waals surface area contributed by atoms with Crippen LogP contribution in [-0.4, -0.2) is 0 Å². The first kappa shape index (κ1) is 13.4. The standard InChI is InChI=1S/C12H3F7/c13-5-1-2-6(14)10(17)8(5)4-3-7(15)11(18)12(19)9(4)16/h1-3H. The van der Waals surface area contributed by atoms with Crippen molar-refractivity contribution in [2.75, 3.05) is 0 Å². The van der Waals surface area contributed by atoms with Crippen LogP contribution in [-0.2, 0) is 0 Å². The zero-order valence-electron chi connectivity index (χ0n) is 8.88. The smallest absolute Gasteiger partial charge is 0.198 e. The molecule has 0 unspecified atom stereocenters. The van der Waals surface area contributed by atoms with Gasteiger partial charge in [-0.15, -0.1) is 0 Å². The van der Waals surface area contributed by atoms with Crippen LogP contribution in [0.3, 0.4) is 0 Å². The third-order valence-electron chi connectivity index (χ3n) is 2.42. The molecule has 0 saturated carbocycles. The van der Waals surface area contributed by atoms with E-state index in [0.29, 0.717) is 12.1 Å². The van der Waals surface area contributed by atoms with E-state index < -0.39 is 51.8 Å². The molecule has 2 rings (SSSR count). The lowest BCUT2D eigenvalue weighted by atomic mass is 10.0. The molecule has 2 aromatic rings. The average Bonchev–Trinajstić information content (AvgIpc) is 2.38. The fourth-order valence-corrected chi connectivity index (χ4v) is 1.53. The predicted molar refractivity (Wildman–Crippen MR) is 51.6 cm³/mol. The topological polar surface area (TPSA) is 0 Å². The quantitative estimate of drug-likeness (QED) is 0.414. The molecule has 0 aliphatic rings. The van der Waals surface area contributed by atoms with Gasteiger partial charge in [-0.25, -0.2) is 30.7 Å². The van der Waals surface area contributed by atoms with E-state index in [0.717, 1.165) is 0 Å². The van der Waals surface area contributed by atoms with Gasteiger partial charge in [0.05, 0.1) is 5.56 Å². The van der Waals surface area contributed by atoms with Gasteiger partial charge in [0.15, 0.2) is 34.9 Å². The third-order valence-corrected chi connectivity index (χ3v) is 2.42. The summed E-state index contributed by atoms with van der Waals surface area (Å²) in [4.78, 5) is 0. The van der Waals surface area contributed by atoms with Gasteiger partial charge in [-0.3, -0.25) is 0 Å². The highest BCUT2D eigenvalue weighted by atomic mass is 19.2. The highest BCUT2D eigenvalue weighted by Gasteiger charge is 2.25. The Morgan fingerprint density at radius 2 is 1.11 bits per heavy atom. The van der Waals surface area contributed by atoms with Crippen molar-refractivity contribution >= 4 is 0 Å². The summed E-state index contributed by atoms with van der Waals surface area (Å²) in [6.07, 6.45) is 0. The Bertz CT molecular complexity index is 664. The first-order chi connectivity index (χ1) is 8.84. The van der Waals surface area contributed by atoms with Crippen molar-refractivity contribution in [3.05, 3.63) is 58.9 Å². The molecular weight excluding hydrogens is 277 g/mol. The molecule has 0 bridgehead atoms. The first-order valence-electron chi connectivity index (χ1n) is 4.81. The molecule has 100 valence electrons. The monoisotopic (exact) mass is 280 g/mol. The maximum Gasteiger partial charge on any atom is 0.198 e. The molecule has 2 aromatic carbocycles. The lowest BCUT2D eigenvalue weighted by molar-refractivity contribution is 0.409. The normalized spacial score (nSPS) is 10.9. The molecule has 0 saturated heterocycles. The zero-order chi connectivity index (χ0) is 14.3. The molecule has 0 aromatic heterocycles. The van der Waals surface area contributed by atoms with Crippen LogP contribution < -0.4 is 0 Å². The van der Waals surface area contributed by atoms with Gasteiger partial charge < -0.3 is 0 Å². The van der Waals surface area contributed by atoms with Crippen LogP contribution in [0.15, 0.2) is 18.2 Å². The van der Waals surface area contributed by atoms with Crippen LogP contribution in [0.25, 0.3) is 11.1 Å². The van der Waals surface area contributed by atoms with Crippen molar-refractivity contribution in [1.82, 2.24) is 0 Å². The van der Waals surface area contributed by atoms with Crippen LogP contribution in [0.5, 0.6) is 0 Å². The van der Waals surface area contributed by atoms with E-state index in [1.807, 2.05) is 0 Å². The Hall–Kier alpha value is -2.05. The van der Waals surface area contributed by atoms with Gasteiger partial charge in [0.25, 0.3) is 0 Å². The SMILES string of the molecule is Fc1cc(-c2c(F)ccc(F)c2F)c(F)c(F)c1F. The van der Waals surface area contributed by atoms with E-state index in [2.05, 4.69) is 0 Å². The summed E-state index contributed by atoms with van der Waals surface area (Å²) in [7, 11) is 0. The molecule has 0 aliphatic heterocycles. The second-order valence-corrected chi connectivity index (χ2v) is 3.57. The Balaban J connectivity index is 2.84. The summed E-state index contributed by atoms with van der Waals surface area (Å²) in [5, 5.41) is 0. The number of benzene rings is 2. The third kappa shape index (κ3) is 2.05. The highest BCUT2D eigenvalue weighted by Crippen LogP contribution is 2.32. The fourth-order valence-electron chi connectivity index (χ4n) is 1.53. The first-order valence-corrected chi connectivity index (χ1v) is 4.81. The largest absolute Gasteiger partial charge is 0.206 e. The van der Waals surface area contributed by atoms with Crippen molar-refractivity contribution in [3.63, 3.8) is 0 Å². The molecule has 0 atom stereocenters. The Kier molecular flexibility index (Phi) is 3.21. The fraction of sp³-hybridized carbons (Fsp3) is 0. The van der Waals surface area contributed by atoms with Crippen molar-refractivity contribution in [1.29, 1.82) is 0 Å². The minimum absolute atomic E-state index is 0.0503. The average molecular weight is 280 g/mol. The van der Waals surface area contributed by atoms with Gasteiger partial charge in [0.2, 0.25) is 0 Å². The summed E-state index contributed by atoms with van der Waals surface area (Å²) in [6, 6.07) is 0.920. The number of halogens is 7. The minimum Gasteiger partial charge on any atom is -0.206 e. The Morgan fingerprint density at radius 1 is 0.526 bits per heavy atom. The second-order valence-electron chi connectivity index (χ2n) is 3.57. The lowest BCUT2D eigenvalue weighted by Gasteiger charge is -2.08. The van der Waals surface area contributed by atoms with E-state index in [1.165, 1.54) is 0 Å². The Morgan fingerprint density at radius 3 is 1.74 bits per heavy atom. The number of hydrogen-bond acceptors (Lipinski definition) is 0. The van der Waals surface area contributed by atoms with Crippen LogP contribution >= 0.6 is 0 Å². The van der Waals surface area contributed by atoms with Crippen LogP contribution in [0.2, 0.25) is 0 Å². The molecule has 7 heteroatoms. The molecule has 0 N–H and O–H groups in total. The summed E-state index contributed by atoms with van der Waals surface area (Å²) in [5.41, 5.74) is -2.55. The van der Waals surface area contributed by atoms with Gasteiger partial charge in [0, 0.05) is 5.56 Å². The van der Waals surface area contributed by atoms with E-state index in [-0.39, 0.29) is 6.07 Å². The van der Waals surface area contributed by atoms with Crippen molar-refractivity contribution in [2.45, 2.75) is 0 Å². The van der Waals surface area contributed by atoms with E-state index in [9.17, 15) is 30.7 Å². The van der Waals surface area contributed by atoms with Crippen LogP contribution in [0.1, 0.15) is 0 Å². The van der Waals surface area contributed by atoms with E-state index >= 15 is 0 Å². The zero-order valence-corrected chi connectivity index (χ0v) is 8.88. The maximum absolute atomic E-state index is 13.4. The van der Waals surface area contributed by atoms with Gasteiger partial charge in [-0.1, -0.05) is 0 Å². The van der Waals surface area contributed by atoms with Gasteiger partial charge >= 0.3 is 0 Å². The minimum atomic E-state index is -2.24. The van der Waals surface area contributed by atoms with Crippen molar-refractivity contribution in [2.24, 2.45) is 0 Å². The Labute approximate surface area is 102 Å². The van der Waals surface area contributed by atoms with Crippen molar-refractivity contribution < 1.29 is 30.7 Å². The van der Waals surface area contributed by atoms with E-state index in [1.54, 1.807) is 0 Å². The van der Waals surface area contributed by atoms with Gasteiger partial charge in [-0.2, -0.15) is 0 Å². The molecule has 0 spiro atoms. The lowest BCUT2D eigenvalue weighted by Crippen LogP contribution is -2.02. The van der Waals surface area contributed by atoms with Crippen LogP contribution in [0, 0.1) is 40.7 Å². The molecule has 0 radical (unpaired) electrons. The molecule has 0 amide bonds. The molecular formula is C12H3F7. The van der Waals surface area contributed by atoms with Gasteiger partial charge in [-0.05, 0) is 18.2 Å². The number of hydrogen-bond donors (Lipinski definition) is 0. The summed E-state index contributed by atoms with van der Waals surface area (Å²) in [6.45, 7) is 0. The molecule has 0 heterocycles. The van der Waals surface area contributed by atoms with Crippen molar-refractivity contribution in [3.8, 4) is 11.1 Å². The number of rotatable bonds is 1. The van der Waals surface area contributed by atoms with Gasteiger partial charge in [0.1, 0.15) is 5.82 Å². The highest BCUT2D eigenvalue weighted by molar-refractivity contribution is 5.66. The summed E-state index contributed by atoms with van der Waals surface area (Å²) >= 11 is 0. The second kappa shape index (κ2) is 4.56. The van der Waals surface area contributed by atoms with E-state index in [4.69, 9.17) is 0 Å². The van der Waals surface area contributed by atoms with Crippen LogP contribution in [0.4, 0.5) is 30.7 Å². The summed E-state index contributed by atoms with van der Waals surface area (Å²) < 4.78 is 91.7. The molecule has 0 nitrogen and oxygen atoms in total. The molecule has 0 fully saturated rings. The summed E-state index contributed by atoms with van der Waals surface area (Å²) in [5.74, 6) is -13.0.